The van der Waals surface area contributed by atoms with E-state index in [1.54, 1.807) is 0 Å². The second kappa shape index (κ2) is 22.9. The van der Waals surface area contributed by atoms with E-state index in [2.05, 4.69) is 54.5 Å². The molecule has 6 heteroatoms. The van der Waals surface area contributed by atoms with Crippen LogP contribution in [0, 0.1) is 12.3 Å². The molecule has 270 valence electrons. The molecule has 6 nitrogen and oxygen atoms in total. The molecule has 4 aromatic rings. The predicted molar refractivity (Wildman–Crippen MR) is 202 cm³/mol. The third-order valence-corrected chi connectivity index (χ3v) is 9.09. The van der Waals surface area contributed by atoms with Crippen molar-refractivity contribution in [3.8, 4) is 12.3 Å². The van der Waals surface area contributed by atoms with Gasteiger partial charge < -0.3 is 28.4 Å². The highest BCUT2D eigenvalue weighted by molar-refractivity contribution is 5.16. The third-order valence-electron chi connectivity index (χ3n) is 9.09. The van der Waals surface area contributed by atoms with Crippen molar-refractivity contribution in [2.75, 3.05) is 13.2 Å². The van der Waals surface area contributed by atoms with Crippen molar-refractivity contribution in [2.45, 2.75) is 108 Å². The van der Waals surface area contributed by atoms with Crippen LogP contribution in [0.15, 0.2) is 121 Å². The summed E-state index contributed by atoms with van der Waals surface area (Å²) in [6, 6.07) is 40.8. The Bertz CT molecular complexity index is 1490. The quantitative estimate of drug-likeness (QED) is 0.0571. The van der Waals surface area contributed by atoms with Gasteiger partial charge in [0.15, 0.2) is 6.29 Å². The van der Waals surface area contributed by atoms with Crippen molar-refractivity contribution in [3.63, 3.8) is 0 Å². The average Bonchev–Trinajstić information content (AvgIpc) is 3.18. The molecule has 4 aromatic carbocycles. The van der Waals surface area contributed by atoms with Crippen molar-refractivity contribution in [1.29, 1.82) is 0 Å². The van der Waals surface area contributed by atoms with Gasteiger partial charge in [-0.15, -0.1) is 12.3 Å². The Hall–Kier alpha value is -3.80. The minimum absolute atomic E-state index is 0.310. The first kappa shape index (κ1) is 38.4. The maximum Gasteiger partial charge on any atom is 0.186 e. The highest BCUT2D eigenvalue weighted by Gasteiger charge is 2.49. The van der Waals surface area contributed by atoms with E-state index in [1.807, 2.05) is 72.8 Å². The lowest BCUT2D eigenvalue weighted by Crippen LogP contribution is -2.61. The van der Waals surface area contributed by atoms with E-state index < -0.39 is 30.7 Å². The molecule has 0 aliphatic carbocycles. The van der Waals surface area contributed by atoms with Crippen LogP contribution in [-0.2, 0) is 54.8 Å². The van der Waals surface area contributed by atoms with Crippen molar-refractivity contribution < 1.29 is 28.4 Å². The molecule has 1 aliphatic heterocycles. The summed E-state index contributed by atoms with van der Waals surface area (Å²) in [7, 11) is 0. The van der Waals surface area contributed by atoms with Crippen LogP contribution < -0.4 is 0 Å². The Morgan fingerprint density at radius 1 is 0.471 bits per heavy atom. The fraction of sp³-hybridized carbons (Fsp3) is 0.422. The molecule has 1 fully saturated rings. The topological polar surface area (TPSA) is 55.4 Å². The van der Waals surface area contributed by atoms with Gasteiger partial charge >= 0.3 is 0 Å². The van der Waals surface area contributed by atoms with Gasteiger partial charge in [-0.25, -0.2) is 0 Å². The van der Waals surface area contributed by atoms with Crippen LogP contribution in [0.25, 0.3) is 0 Å². The summed E-state index contributed by atoms with van der Waals surface area (Å²) in [5.41, 5.74) is 4.30. The molecule has 5 rings (SSSR count). The van der Waals surface area contributed by atoms with E-state index in [-0.39, 0.29) is 0 Å². The van der Waals surface area contributed by atoms with Gasteiger partial charge in [-0.05, 0) is 35.1 Å². The average molecular weight is 691 g/mol. The summed E-state index contributed by atoms with van der Waals surface area (Å²) in [5.74, 6) is 2.73. The summed E-state index contributed by atoms with van der Waals surface area (Å²) in [6.45, 7) is 2.52. The Balaban J connectivity index is 1.33. The molecule has 0 unspecified atom stereocenters. The third kappa shape index (κ3) is 13.7. The van der Waals surface area contributed by atoms with Crippen molar-refractivity contribution in [3.05, 3.63) is 144 Å². The normalized spacial score (nSPS) is 20.2. The number of hydrogen-bond acceptors (Lipinski definition) is 6. The molecule has 0 saturated carbocycles. The Labute approximate surface area is 305 Å². The first-order chi connectivity index (χ1) is 25.3. The molecule has 0 N–H and O–H groups in total. The van der Waals surface area contributed by atoms with Crippen molar-refractivity contribution in [1.82, 2.24) is 0 Å². The van der Waals surface area contributed by atoms with Crippen LogP contribution in [-0.4, -0.2) is 43.9 Å². The Morgan fingerprint density at radius 3 is 1.41 bits per heavy atom. The lowest BCUT2D eigenvalue weighted by atomic mass is 9.97. The second-order valence-corrected chi connectivity index (χ2v) is 13.1. The van der Waals surface area contributed by atoms with Crippen LogP contribution in [0.3, 0.4) is 0 Å². The molecule has 51 heavy (non-hydrogen) atoms. The molecular weight excluding hydrogens is 636 g/mol. The van der Waals surface area contributed by atoms with Gasteiger partial charge in [0, 0.05) is 13.0 Å². The molecular formula is C45H54O6. The van der Waals surface area contributed by atoms with Crippen molar-refractivity contribution >= 4 is 0 Å². The zero-order valence-corrected chi connectivity index (χ0v) is 29.9. The SMILES string of the molecule is C#CCCCCCCCCCO[C@H]1O[C@H](COCc2ccccc2)[C@@H](OCc2ccccc2)[C@H](OCc2ccccc2)[C@H]1OCc1ccccc1. The number of benzene rings is 4. The van der Waals surface area contributed by atoms with Crippen LogP contribution in [0.1, 0.15) is 73.6 Å². The van der Waals surface area contributed by atoms with Crippen LogP contribution in [0.4, 0.5) is 0 Å². The molecule has 1 saturated heterocycles. The lowest BCUT2D eigenvalue weighted by molar-refractivity contribution is -0.328. The van der Waals surface area contributed by atoms with Crippen LogP contribution in [0.5, 0.6) is 0 Å². The fourth-order valence-corrected chi connectivity index (χ4v) is 6.29. The van der Waals surface area contributed by atoms with E-state index in [4.69, 9.17) is 34.8 Å². The van der Waals surface area contributed by atoms with E-state index >= 15 is 0 Å². The zero-order chi connectivity index (χ0) is 35.2. The number of rotatable bonds is 23. The van der Waals surface area contributed by atoms with Gasteiger partial charge in [0.25, 0.3) is 0 Å². The van der Waals surface area contributed by atoms with Gasteiger partial charge in [-0.2, -0.15) is 0 Å². The van der Waals surface area contributed by atoms with Crippen molar-refractivity contribution in [2.24, 2.45) is 0 Å². The largest absolute Gasteiger partial charge is 0.374 e. The first-order valence-corrected chi connectivity index (χ1v) is 18.6. The standard InChI is InChI=1S/C45H54O6/c1-2-3-4-5-6-7-8-9-22-31-47-45-44(50-35-40-29-20-13-21-30-40)43(49-34-39-27-18-12-19-28-39)42(48-33-38-25-16-11-17-26-38)41(51-45)36-46-32-37-23-14-10-15-24-37/h1,10-21,23-30,41-45H,3-9,22,31-36H2/t41-,42-,43+,44-,45+/m1/s1. The smallest absolute Gasteiger partial charge is 0.186 e. The number of unbranched alkanes of at least 4 members (excludes halogenated alkanes) is 7. The highest BCUT2D eigenvalue weighted by atomic mass is 16.7. The van der Waals surface area contributed by atoms with Gasteiger partial charge in [0.1, 0.15) is 24.4 Å². The minimum Gasteiger partial charge on any atom is -0.374 e. The molecule has 0 amide bonds. The number of ether oxygens (including phenoxy) is 6. The summed E-state index contributed by atoms with van der Waals surface area (Å²) in [6.07, 6.45) is 11.6. The van der Waals surface area contributed by atoms with Gasteiger partial charge in [0.05, 0.1) is 33.0 Å². The summed E-state index contributed by atoms with van der Waals surface area (Å²) < 4.78 is 40.0. The van der Waals surface area contributed by atoms with Crippen LogP contribution in [0.2, 0.25) is 0 Å². The zero-order valence-electron chi connectivity index (χ0n) is 29.9. The highest BCUT2D eigenvalue weighted by Crippen LogP contribution is 2.32. The second-order valence-electron chi connectivity index (χ2n) is 13.1. The molecule has 0 radical (unpaired) electrons. The summed E-state index contributed by atoms with van der Waals surface area (Å²) in [4.78, 5) is 0. The maximum atomic E-state index is 6.82. The minimum atomic E-state index is -0.667. The maximum absolute atomic E-state index is 6.82. The van der Waals surface area contributed by atoms with Crippen LogP contribution >= 0.6 is 0 Å². The van der Waals surface area contributed by atoms with E-state index in [9.17, 15) is 0 Å². The van der Waals surface area contributed by atoms with Gasteiger partial charge in [-0.1, -0.05) is 153 Å². The van der Waals surface area contributed by atoms with E-state index in [0.717, 1.165) is 47.9 Å². The predicted octanol–water partition coefficient (Wildman–Crippen LogP) is 9.45. The summed E-state index contributed by atoms with van der Waals surface area (Å²) >= 11 is 0. The Morgan fingerprint density at radius 2 is 0.902 bits per heavy atom. The monoisotopic (exact) mass is 690 g/mol. The molecule has 0 aromatic heterocycles. The van der Waals surface area contributed by atoms with Gasteiger partial charge in [-0.3, -0.25) is 0 Å². The molecule has 1 heterocycles. The molecule has 0 spiro atoms. The molecule has 5 atom stereocenters. The number of terminal acetylenes is 1. The summed E-state index contributed by atoms with van der Waals surface area (Å²) in [5, 5.41) is 0. The Kier molecular flexibility index (Phi) is 17.3. The molecule has 1 aliphatic rings. The van der Waals surface area contributed by atoms with Gasteiger partial charge in [0.2, 0.25) is 0 Å². The van der Waals surface area contributed by atoms with E-state index in [1.165, 1.54) is 25.7 Å². The number of hydrogen-bond donors (Lipinski definition) is 0. The van der Waals surface area contributed by atoms with E-state index in [0.29, 0.717) is 39.6 Å². The first-order valence-electron chi connectivity index (χ1n) is 18.6. The lowest BCUT2D eigenvalue weighted by Gasteiger charge is -2.46. The fourth-order valence-electron chi connectivity index (χ4n) is 6.29. The molecule has 0 bridgehead atoms.